The molecule has 1 saturated heterocycles. The standard InChI is InChI=1S/C10H17F2NO/c1-9(2-4-13-5-3-9)14-8-6-10(11,12)7-8/h8,13H,2-7H2,1H3. The zero-order valence-corrected chi connectivity index (χ0v) is 8.48. The second kappa shape index (κ2) is 3.42. The van der Waals surface area contributed by atoms with Gasteiger partial charge >= 0.3 is 0 Å². The molecule has 1 aliphatic heterocycles. The Kier molecular flexibility index (Phi) is 2.52. The summed E-state index contributed by atoms with van der Waals surface area (Å²) in [6.45, 7) is 3.89. The molecule has 0 aromatic carbocycles. The van der Waals surface area contributed by atoms with Gasteiger partial charge in [-0.25, -0.2) is 8.78 Å². The van der Waals surface area contributed by atoms with Gasteiger partial charge in [0.25, 0.3) is 5.92 Å². The third-order valence-electron chi connectivity index (χ3n) is 3.17. The topological polar surface area (TPSA) is 21.3 Å². The number of halogens is 2. The highest BCUT2D eigenvalue weighted by Gasteiger charge is 2.48. The van der Waals surface area contributed by atoms with Crippen LogP contribution in [-0.4, -0.2) is 30.7 Å². The Morgan fingerprint density at radius 3 is 2.29 bits per heavy atom. The Balaban J connectivity index is 1.79. The molecule has 1 saturated carbocycles. The van der Waals surface area contributed by atoms with Gasteiger partial charge in [0, 0.05) is 12.8 Å². The predicted octanol–water partition coefficient (Wildman–Crippen LogP) is 1.94. The van der Waals surface area contributed by atoms with Crippen molar-refractivity contribution in [3.8, 4) is 0 Å². The van der Waals surface area contributed by atoms with E-state index in [-0.39, 0.29) is 24.5 Å². The van der Waals surface area contributed by atoms with Crippen LogP contribution in [0, 0.1) is 0 Å². The van der Waals surface area contributed by atoms with Crippen molar-refractivity contribution in [2.24, 2.45) is 0 Å². The number of piperidine rings is 1. The summed E-state index contributed by atoms with van der Waals surface area (Å²) < 4.78 is 30.9. The molecule has 0 unspecified atom stereocenters. The Morgan fingerprint density at radius 1 is 1.21 bits per heavy atom. The van der Waals surface area contributed by atoms with Crippen molar-refractivity contribution in [2.75, 3.05) is 13.1 Å². The maximum absolute atomic E-state index is 12.6. The summed E-state index contributed by atoms with van der Waals surface area (Å²) in [4.78, 5) is 0. The molecule has 0 atom stereocenters. The fraction of sp³-hybridized carbons (Fsp3) is 1.00. The van der Waals surface area contributed by atoms with Gasteiger partial charge in [-0.3, -0.25) is 0 Å². The molecule has 4 heteroatoms. The smallest absolute Gasteiger partial charge is 0.253 e. The van der Waals surface area contributed by atoms with Gasteiger partial charge in [0.15, 0.2) is 0 Å². The molecule has 14 heavy (non-hydrogen) atoms. The van der Waals surface area contributed by atoms with Crippen LogP contribution in [0.2, 0.25) is 0 Å². The molecule has 0 aromatic rings. The van der Waals surface area contributed by atoms with E-state index in [2.05, 4.69) is 5.32 Å². The van der Waals surface area contributed by atoms with Crippen molar-refractivity contribution in [3.05, 3.63) is 0 Å². The predicted molar refractivity (Wildman–Crippen MR) is 49.6 cm³/mol. The molecular weight excluding hydrogens is 188 g/mol. The van der Waals surface area contributed by atoms with Crippen LogP contribution < -0.4 is 5.32 Å². The van der Waals surface area contributed by atoms with Crippen LogP contribution in [-0.2, 0) is 4.74 Å². The van der Waals surface area contributed by atoms with Gasteiger partial charge in [0.05, 0.1) is 11.7 Å². The zero-order valence-electron chi connectivity index (χ0n) is 8.48. The van der Waals surface area contributed by atoms with Crippen LogP contribution in [0.1, 0.15) is 32.6 Å². The van der Waals surface area contributed by atoms with E-state index in [4.69, 9.17) is 4.74 Å². The van der Waals surface area contributed by atoms with Crippen molar-refractivity contribution in [2.45, 2.75) is 50.2 Å². The first-order chi connectivity index (χ1) is 6.49. The molecule has 2 fully saturated rings. The maximum atomic E-state index is 12.6. The molecule has 1 N–H and O–H groups in total. The average Bonchev–Trinajstić information content (AvgIpc) is 2.01. The van der Waals surface area contributed by atoms with E-state index in [1.165, 1.54) is 0 Å². The van der Waals surface area contributed by atoms with Crippen LogP contribution >= 0.6 is 0 Å². The van der Waals surface area contributed by atoms with E-state index in [0.29, 0.717) is 0 Å². The molecule has 2 nitrogen and oxygen atoms in total. The summed E-state index contributed by atoms with van der Waals surface area (Å²) in [5.41, 5.74) is -0.174. The first-order valence-electron chi connectivity index (χ1n) is 5.26. The molecule has 0 radical (unpaired) electrons. The maximum Gasteiger partial charge on any atom is 0.253 e. The number of rotatable bonds is 2. The van der Waals surface area contributed by atoms with Gasteiger partial charge in [-0.1, -0.05) is 0 Å². The highest BCUT2D eigenvalue weighted by atomic mass is 19.3. The highest BCUT2D eigenvalue weighted by Crippen LogP contribution is 2.42. The van der Waals surface area contributed by atoms with Crippen LogP contribution in [0.25, 0.3) is 0 Å². The summed E-state index contributed by atoms with van der Waals surface area (Å²) in [6, 6.07) is 0. The number of hydrogen-bond acceptors (Lipinski definition) is 2. The molecule has 1 aliphatic carbocycles. The third kappa shape index (κ3) is 2.23. The minimum absolute atomic E-state index is 0.0873. The van der Waals surface area contributed by atoms with Crippen LogP contribution in [0.3, 0.4) is 0 Å². The lowest BCUT2D eigenvalue weighted by molar-refractivity contribution is -0.210. The largest absolute Gasteiger partial charge is 0.371 e. The Hall–Kier alpha value is -0.220. The van der Waals surface area contributed by atoms with Crippen molar-refractivity contribution >= 4 is 0 Å². The number of hydrogen-bond donors (Lipinski definition) is 1. The monoisotopic (exact) mass is 205 g/mol. The molecule has 0 spiro atoms. The van der Waals surface area contributed by atoms with E-state index in [1.54, 1.807) is 0 Å². The second-order valence-corrected chi connectivity index (χ2v) is 4.70. The normalized spacial score (nSPS) is 31.1. The number of alkyl halides is 2. The summed E-state index contributed by atoms with van der Waals surface area (Å²) in [5, 5.41) is 3.24. The van der Waals surface area contributed by atoms with Gasteiger partial charge in [-0.05, 0) is 32.9 Å². The lowest BCUT2D eigenvalue weighted by atomic mass is 9.88. The fourth-order valence-electron chi connectivity index (χ4n) is 2.17. The molecule has 0 aromatic heterocycles. The van der Waals surface area contributed by atoms with Gasteiger partial charge < -0.3 is 10.1 Å². The van der Waals surface area contributed by atoms with Gasteiger partial charge in [0.1, 0.15) is 0 Å². The van der Waals surface area contributed by atoms with E-state index in [1.807, 2.05) is 6.92 Å². The summed E-state index contributed by atoms with van der Waals surface area (Å²) >= 11 is 0. The van der Waals surface area contributed by atoms with Crippen molar-refractivity contribution in [1.29, 1.82) is 0 Å². The number of nitrogens with one attached hydrogen (secondary N) is 1. The molecule has 0 amide bonds. The molecule has 2 aliphatic rings. The van der Waals surface area contributed by atoms with E-state index >= 15 is 0 Å². The quantitative estimate of drug-likeness (QED) is 0.744. The molecule has 0 bridgehead atoms. The van der Waals surface area contributed by atoms with Crippen LogP contribution in [0.15, 0.2) is 0 Å². The first-order valence-corrected chi connectivity index (χ1v) is 5.26. The van der Waals surface area contributed by atoms with Crippen molar-refractivity contribution in [3.63, 3.8) is 0 Å². The SMILES string of the molecule is CC1(OC2CC(F)(F)C2)CCNCC1. The van der Waals surface area contributed by atoms with E-state index in [9.17, 15) is 8.78 Å². The lowest BCUT2D eigenvalue weighted by Crippen LogP contribution is -2.49. The van der Waals surface area contributed by atoms with E-state index < -0.39 is 5.92 Å². The second-order valence-electron chi connectivity index (χ2n) is 4.70. The third-order valence-corrected chi connectivity index (χ3v) is 3.17. The summed E-state index contributed by atoms with van der Waals surface area (Å²) in [7, 11) is 0. The molecule has 2 rings (SSSR count). The minimum atomic E-state index is -2.46. The highest BCUT2D eigenvalue weighted by molar-refractivity contribution is 4.91. The fourth-order valence-corrected chi connectivity index (χ4v) is 2.17. The number of ether oxygens (including phenoxy) is 1. The molecular formula is C10H17F2NO. The Bertz CT molecular complexity index is 206. The summed E-state index contributed by atoms with van der Waals surface area (Å²) in [5.74, 6) is -2.46. The van der Waals surface area contributed by atoms with Crippen molar-refractivity contribution in [1.82, 2.24) is 5.32 Å². The summed E-state index contributed by atoms with van der Waals surface area (Å²) in [6.07, 6.45) is 1.46. The van der Waals surface area contributed by atoms with E-state index in [0.717, 1.165) is 25.9 Å². The lowest BCUT2D eigenvalue weighted by Gasteiger charge is -2.43. The van der Waals surface area contributed by atoms with Gasteiger partial charge in [-0.2, -0.15) is 0 Å². The van der Waals surface area contributed by atoms with Crippen molar-refractivity contribution < 1.29 is 13.5 Å². The Labute approximate surface area is 83.0 Å². The zero-order chi connectivity index (χ0) is 10.2. The van der Waals surface area contributed by atoms with Gasteiger partial charge in [-0.15, -0.1) is 0 Å². The van der Waals surface area contributed by atoms with Gasteiger partial charge in [0.2, 0.25) is 0 Å². The van der Waals surface area contributed by atoms with Crippen LogP contribution in [0.4, 0.5) is 8.78 Å². The minimum Gasteiger partial charge on any atom is -0.371 e. The van der Waals surface area contributed by atoms with Crippen LogP contribution in [0.5, 0.6) is 0 Å². The molecule has 82 valence electrons. The molecule has 1 heterocycles. The first kappa shape index (κ1) is 10.3. The Morgan fingerprint density at radius 2 is 1.79 bits per heavy atom. The average molecular weight is 205 g/mol.